The second kappa shape index (κ2) is 7.02. The van der Waals surface area contributed by atoms with Gasteiger partial charge in [0.1, 0.15) is 0 Å². The monoisotopic (exact) mass is 285 g/mol. The zero-order valence-electron chi connectivity index (χ0n) is 12.0. The van der Waals surface area contributed by atoms with Crippen molar-refractivity contribution >= 4 is 5.97 Å². The molecule has 1 atom stereocenters. The lowest BCUT2D eigenvalue weighted by molar-refractivity contribution is -0.148. The smallest absolute Gasteiger partial charge is 0.331 e. The third kappa shape index (κ3) is 3.48. The van der Waals surface area contributed by atoms with Gasteiger partial charge in [-0.1, -0.05) is 60.7 Å². The van der Waals surface area contributed by atoms with Crippen LogP contribution >= 0.6 is 0 Å². The van der Waals surface area contributed by atoms with Crippen molar-refractivity contribution in [2.45, 2.75) is 12.1 Å². The third-order valence-electron chi connectivity index (χ3n) is 3.43. The summed E-state index contributed by atoms with van der Waals surface area (Å²) in [5.41, 5.74) is 0.441. The van der Waals surface area contributed by atoms with E-state index in [4.69, 9.17) is 4.74 Å². The Labute approximate surface area is 124 Å². The first-order valence-electron chi connectivity index (χ1n) is 6.76. The fraction of sp³-hybridized carbons (Fsp3) is 0.235. The number of methoxy groups -OCH3 is 1. The van der Waals surface area contributed by atoms with Crippen molar-refractivity contribution in [3.8, 4) is 0 Å². The molecular formula is C17H19NO3. The van der Waals surface area contributed by atoms with Crippen molar-refractivity contribution < 1.29 is 14.6 Å². The summed E-state index contributed by atoms with van der Waals surface area (Å²) in [6.07, 6.45) is 0. The lowest BCUT2D eigenvalue weighted by atomic mass is 9.90. The van der Waals surface area contributed by atoms with Gasteiger partial charge in [-0.05, 0) is 11.1 Å². The Morgan fingerprint density at radius 1 is 1.10 bits per heavy atom. The highest BCUT2D eigenvalue weighted by Gasteiger charge is 2.40. The summed E-state index contributed by atoms with van der Waals surface area (Å²) in [6.45, 7) is 0.505. The van der Waals surface area contributed by atoms with Gasteiger partial charge in [-0.15, -0.1) is 0 Å². The molecule has 4 nitrogen and oxygen atoms in total. The van der Waals surface area contributed by atoms with Gasteiger partial charge >= 0.3 is 5.97 Å². The van der Waals surface area contributed by atoms with Gasteiger partial charge in [0.2, 0.25) is 0 Å². The lowest BCUT2D eigenvalue weighted by Gasteiger charge is -2.30. The SMILES string of the molecule is COCC(NCc1ccccc1)(C(=O)O)c1ccccc1. The third-order valence-corrected chi connectivity index (χ3v) is 3.43. The maximum Gasteiger partial charge on any atom is 0.331 e. The molecular weight excluding hydrogens is 266 g/mol. The molecule has 4 heteroatoms. The Kier molecular flexibility index (Phi) is 5.09. The minimum Gasteiger partial charge on any atom is -0.480 e. The molecule has 0 radical (unpaired) electrons. The molecule has 1 unspecified atom stereocenters. The van der Waals surface area contributed by atoms with Crippen LogP contribution in [0.3, 0.4) is 0 Å². The first-order chi connectivity index (χ1) is 10.2. The van der Waals surface area contributed by atoms with E-state index in [0.29, 0.717) is 12.1 Å². The molecule has 0 fully saturated rings. The number of benzene rings is 2. The molecule has 0 saturated carbocycles. The quantitative estimate of drug-likeness (QED) is 0.820. The minimum atomic E-state index is -1.26. The number of aliphatic carboxylic acids is 1. The van der Waals surface area contributed by atoms with Crippen LogP contribution in [-0.4, -0.2) is 24.8 Å². The van der Waals surface area contributed by atoms with Crippen molar-refractivity contribution in [2.75, 3.05) is 13.7 Å². The van der Waals surface area contributed by atoms with Crippen molar-refractivity contribution in [3.63, 3.8) is 0 Å². The number of hydrogen-bond acceptors (Lipinski definition) is 3. The number of carboxylic acid groups (broad SMARTS) is 1. The van der Waals surface area contributed by atoms with Crippen LogP contribution in [0.1, 0.15) is 11.1 Å². The van der Waals surface area contributed by atoms with Crippen LogP contribution in [0.25, 0.3) is 0 Å². The fourth-order valence-corrected chi connectivity index (χ4v) is 2.29. The molecule has 0 saturated heterocycles. The topological polar surface area (TPSA) is 58.6 Å². The van der Waals surface area contributed by atoms with E-state index >= 15 is 0 Å². The summed E-state index contributed by atoms with van der Waals surface area (Å²) in [4.78, 5) is 11.9. The highest BCUT2D eigenvalue weighted by Crippen LogP contribution is 2.23. The number of rotatable bonds is 7. The van der Waals surface area contributed by atoms with Gasteiger partial charge in [-0.25, -0.2) is 4.79 Å². The molecule has 0 amide bonds. The zero-order chi connectivity index (χ0) is 15.1. The maximum absolute atomic E-state index is 11.9. The highest BCUT2D eigenvalue weighted by atomic mass is 16.5. The lowest BCUT2D eigenvalue weighted by Crippen LogP contribution is -2.52. The molecule has 2 rings (SSSR count). The summed E-state index contributed by atoms with van der Waals surface area (Å²) in [7, 11) is 1.50. The molecule has 0 heterocycles. The Morgan fingerprint density at radius 3 is 2.19 bits per heavy atom. The van der Waals surface area contributed by atoms with Gasteiger partial charge in [0.05, 0.1) is 6.61 Å². The van der Waals surface area contributed by atoms with Gasteiger partial charge in [-0.3, -0.25) is 5.32 Å². The summed E-state index contributed by atoms with van der Waals surface area (Å²) < 4.78 is 5.17. The standard InChI is InChI=1S/C17H19NO3/c1-21-13-17(16(19)20,15-10-6-3-7-11-15)18-12-14-8-4-2-5-9-14/h2-11,18H,12-13H2,1H3,(H,19,20). The Morgan fingerprint density at radius 2 is 1.67 bits per heavy atom. The van der Waals surface area contributed by atoms with Gasteiger partial charge in [0, 0.05) is 13.7 Å². The Hall–Kier alpha value is -2.17. The molecule has 0 aliphatic heterocycles. The second-order valence-corrected chi connectivity index (χ2v) is 4.85. The molecule has 110 valence electrons. The average Bonchev–Trinajstić information content (AvgIpc) is 2.53. The molecule has 2 aromatic carbocycles. The average molecular weight is 285 g/mol. The van der Waals surface area contributed by atoms with Gasteiger partial charge < -0.3 is 9.84 Å². The van der Waals surface area contributed by atoms with Crippen LogP contribution in [-0.2, 0) is 21.6 Å². The largest absolute Gasteiger partial charge is 0.480 e. The van der Waals surface area contributed by atoms with E-state index in [1.807, 2.05) is 48.5 Å². The van der Waals surface area contributed by atoms with E-state index in [1.54, 1.807) is 12.1 Å². The minimum absolute atomic E-state index is 0.0547. The molecule has 2 N–H and O–H groups in total. The van der Waals surface area contributed by atoms with Crippen molar-refractivity contribution in [2.24, 2.45) is 0 Å². The van der Waals surface area contributed by atoms with Crippen LogP contribution in [0.4, 0.5) is 0 Å². The van der Waals surface area contributed by atoms with E-state index in [9.17, 15) is 9.90 Å². The molecule has 0 spiro atoms. The van der Waals surface area contributed by atoms with Crippen LogP contribution in [0.5, 0.6) is 0 Å². The van der Waals surface area contributed by atoms with Crippen LogP contribution in [0.2, 0.25) is 0 Å². The Bertz CT molecular complexity index is 571. The van der Waals surface area contributed by atoms with Crippen LogP contribution in [0, 0.1) is 0 Å². The number of nitrogens with one attached hydrogen (secondary N) is 1. The fourth-order valence-electron chi connectivity index (χ4n) is 2.29. The van der Waals surface area contributed by atoms with Gasteiger partial charge in [-0.2, -0.15) is 0 Å². The van der Waals surface area contributed by atoms with E-state index in [1.165, 1.54) is 7.11 Å². The van der Waals surface area contributed by atoms with Crippen molar-refractivity contribution in [1.29, 1.82) is 0 Å². The summed E-state index contributed by atoms with van der Waals surface area (Å²) in [5.74, 6) is -0.952. The van der Waals surface area contributed by atoms with E-state index < -0.39 is 11.5 Å². The molecule has 0 bridgehead atoms. The first-order valence-corrected chi connectivity index (χ1v) is 6.76. The molecule has 2 aromatic rings. The second-order valence-electron chi connectivity index (χ2n) is 4.85. The van der Waals surface area contributed by atoms with Crippen molar-refractivity contribution in [3.05, 3.63) is 71.8 Å². The van der Waals surface area contributed by atoms with Crippen molar-refractivity contribution in [1.82, 2.24) is 5.32 Å². The molecule has 0 aromatic heterocycles. The molecule has 0 aliphatic rings. The number of hydrogen-bond donors (Lipinski definition) is 2. The van der Waals surface area contributed by atoms with Gasteiger partial charge in [0.15, 0.2) is 5.54 Å². The number of carbonyl (C=O) groups is 1. The van der Waals surface area contributed by atoms with Gasteiger partial charge in [0.25, 0.3) is 0 Å². The zero-order valence-corrected chi connectivity index (χ0v) is 12.0. The van der Waals surface area contributed by atoms with E-state index in [0.717, 1.165) is 5.56 Å². The first kappa shape index (κ1) is 15.2. The summed E-state index contributed by atoms with van der Waals surface area (Å²) in [6, 6.07) is 18.8. The number of carboxylic acids is 1. The number of ether oxygens (including phenoxy) is 1. The highest BCUT2D eigenvalue weighted by molar-refractivity contribution is 5.81. The Balaban J connectivity index is 2.29. The van der Waals surface area contributed by atoms with E-state index in [-0.39, 0.29) is 6.61 Å². The molecule has 0 aliphatic carbocycles. The van der Waals surface area contributed by atoms with E-state index in [2.05, 4.69) is 5.32 Å². The predicted molar refractivity (Wildman–Crippen MR) is 80.9 cm³/mol. The normalized spacial score (nSPS) is 13.6. The summed E-state index contributed by atoms with van der Waals surface area (Å²) >= 11 is 0. The maximum atomic E-state index is 11.9. The van der Waals surface area contributed by atoms with Crippen LogP contribution < -0.4 is 5.32 Å². The molecule has 21 heavy (non-hydrogen) atoms. The summed E-state index contributed by atoms with van der Waals surface area (Å²) in [5, 5.41) is 12.9. The van der Waals surface area contributed by atoms with Crippen LogP contribution in [0.15, 0.2) is 60.7 Å². The predicted octanol–water partition coefficient (Wildman–Crippen LogP) is 2.40.